The summed E-state index contributed by atoms with van der Waals surface area (Å²) < 4.78 is 13.2. The first-order valence-corrected chi connectivity index (χ1v) is 18.8. The Morgan fingerprint density at radius 3 is 1.02 bits per heavy atom. The molecule has 10 aromatic carbocycles. The average molecular weight is 725 g/mol. The van der Waals surface area contributed by atoms with Gasteiger partial charge < -0.3 is 19.7 Å². The van der Waals surface area contributed by atoms with E-state index in [0.717, 1.165) is 87.2 Å². The first kappa shape index (κ1) is 33.3. The zero-order valence-electron chi connectivity index (χ0n) is 30.4. The molecular weight excluding hydrogens is 689 g/mol. The zero-order valence-corrected chi connectivity index (χ0v) is 30.4. The van der Waals surface area contributed by atoms with Crippen molar-refractivity contribution in [3.8, 4) is 45.3 Å². The zero-order chi connectivity index (χ0) is 37.6. The molecule has 2 N–H and O–H groups in total. The molecule has 0 radical (unpaired) electrons. The van der Waals surface area contributed by atoms with Gasteiger partial charge in [-0.3, -0.25) is 0 Å². The number of ether oxygens (including phenoxy) is 2. The lowest BCUT2D eigenvalue weighted by molar-refractivity contribution is 0.307. The molecule has 0 heterocycles. The van der Waals surface area contributed by atoms with E-state index in [9.17, 15) is 10.2 Å². The number of benzene rings is 10. The van der Waals surface area contributed by atoms with E-state index in [1.807, 2.05) is 72.8 Å². The molecular formula is C52H36O4. The van der Waals surface area contributed by atoms with Gasteiger partial charge in [0.15, 0.2) is 0 Å². The minimum absolute atomic E-state index is 0.221. The summed E-state index contributed by atoms with van der Waals surface area (Å²) in [5, 5.41) is 33.0. The van der Waals surface area contributed by atoms with Gasteiger partial charge in [0.2, 0.25) is 0 Å². The van der Waals surface area contributed by atoms with Crippen LogP contribution in [0.3, 0.4) is 0 Å². The minimum atomic E-state index is 0.221. The molecule has 0 amide bonds. The van der Waals surface area contributed by atoms with Gasteiger partial charge in [-0.2, -0.15) is 0 Å². The van der Waals surface area contributed by atoms with Gasteiger partial charge in [-0.25, -0.2) is 0 Å². The lowest BCUT2D eigenvalue weighted by Gasteiger charge is -2.18. The van der Waals surface area contributed by atoms with Gasteiger partial charge in [0.25, 0.3) is 0 Å². The Morgan fingerprint density at radius 1 is 0.304 bits per heavy atom. The molecule has 0 spiro atoms. The standard InChI is InChI=1S/C52H36O4/c53-45-25-21-35-9-1-5-13-41(35)49(45)51-43-15-7-3-11-37(43)23-27-47(51)55-31-33-17-19-40-30-34(18-20-39(40)29-33)32-56-48-28-24-38-12-4-8-16-44(38)52(48)50-42-14-6-2-10-36(42)22-26-46(50)54/h1-30,53-54H,31-32H2. The van der Waals surface area contributed by atoms with E-state index in [-0.39, 0.29) is 11.5 Å². The summed E-state index contributed by atoms with van der Waals surface area (Å²) in [6.07, 6.45) is 0. The van der Waals surface area contributed by atoms with Crippen LogP contribution in [0.15, 0.2) is 182 Å². The van der Waals surface area contributed by atoms with Gasteiger partial charge >= 0.3 is 0 Å². The summed E-state index contributed by atoms with van der Waals surface area (Å²) in [5.74, 6) is 1.87. The molecule has 4 heteroatoms. The van der Waals surface area contributed by atoms with Crippen LogP contribution in [0.25, 0.3) is 76.1 Å². The molecule has 0 saturated heterocycles. The molecule has 0 saturated carbocycles. The first-order valence-electron chi connectivity index (χ1n) is 18.8. The Hall–Kier alpha value is -7.30. The Labute approximate surface area is 324 Å². The van der Waals surface area contributed by atoms with Crippen molar-refractivity contribution < 1.29 is 19.7 Å². The highest BCUT2D eigenvalue weighted by atomic mass is 16.5. The summed E-state index contributed by atoms with van der Waals surface area (Å²) in [6.45, 7) is 0.729. The molecule has 0 aromatic heterocycles. The summed E-state index contributed by atoms with van der Waals surface area (Å²) in [6, 6.07) is 61.1. The molecule has 0 fully saturated rings. The molecule has 10 rings (SSSR count). The number of fused-ring (bicyclic) bond motifs is 5. The highest BCUT2D eigenvalue weighted by molar-refractivity contribution is 6.11. The predicted molar refractivity (Wildman–Crippen MR) is 230 cm³/mol. The van der Waals surface area contributed by atoms with Gasteiger partial charge in [0, 0.05) is 22.3 Å². The third-order valence-electron chi connectivity index (χ3n) is 10.9. The summed E-state index contributed by atoms with van der Waals surface area (Å²) >= 11 is 0. The fraction of sp³-hybridized carbons (Fsp3) is 0.0385. The second-order valence-corrected chi connectivity index (χ2v) is 14.3. The molecule has 56 heavy (non-hydrogen) atoms. The van der Waals surface area contributed by atoms with Crippen LogP contribution < -0.4 is 9.47 Å². The van der Waals surface area contributed by atoms with Crippen LogP contribution in [0.2, 0.25) is 0 Å². The molecule has 0 aliphatic heterocycles. The van der Waals surface area contributed by atoms with Crippen LogP contribution in [-0.4, -0.2) is 10.2 Å². The van der Waals surface area contributed by atoms with Gasteiger partial charge in [-0.05, 0) is 101 Å². The van der Waals surface area contributed by atoms with Crippen molar-refractivity contribution in [3.05, 3.63) is 193 Å². The van der Waals surface area contributed by atoms with E-state index in [2.05, 4.69) is 97.1 Å². The molecule has 10 aromatic rings. The number of aromatic hydroxyl groups is 2. The maximum absolute atomic E-state index is 11.3. The van der Waals surface area contributed by atoms with E-state index in [1.165, 1.54) is 0 Å². The van der Waals surface area contributed by atoms with E-state index in [0.29, 0.717) is 24.7 Å². The second-order valence-electron chi connectivity index (χ2n) is 14.3. The maximum atomic E-state index is 11.3. The van der Waals surface area contributed by atoms with Gasteiger partial charge in [-0.15, -0.1) is 0 Å². The minimum Gasteiger partial charge on any atom is -0.507 e. The highest BCUT2D eigenvalue weighted by Gasteiger charge is 2.20. The lowest BCUT2D eigenvalue weighted by atomic mass is 9.92. The van der Waals surface area contributed by atoms with E-state index in [1.54, 1.807) is 12.1 Å². The molecule has 0 atom stereocenters. The smallest absolute Gasteiger partial charge is 0.128 e. The fourth-order valence-corrected chi connectivity index (χ4v) is 8.15. The molecule has 0 aliphatic rings. The lowest BCUT2D eigenvalue weighted by Crippen LogP contribution is -1.99. The van der Waals surface area contributed by atoms with Crippen molar-refractivity contribution in [2.45, 2.75) is 13.2 Å². The number of phenols is 2. The summed E-state index contributed by atoms with van der Waals surface area (Å²) in [4.78, 5) is 0. The van der Waals surface area contributed by atoms with Gasteiger partial charge in [0.05, 0.1) is 0 Å². The third-order valence-corrected chi connectivity index (χ3v) is 10.9. The molecule has 0 aliphatic carbocycles. The molecule has 4 nitrogen and oxygen atoms in total. The van der Waals surface area contributed by atoms with Crippen LogP contribution in [0.1, 0.15) is 11.1 Å². The van der Waals surface area contributed by atoms with Crippen molar-refractivity contribution in [2.75, 3.05) is 0 Å². The van der Waals surface area contributed by atoms with E-state index < -0.39 is 0 Å². The molecule has 268 valence electrons. The van der Waals surface area contributed by atoms with Crippen LogP contribution in [0, 0.1) is 0 Å². The van der Waals surface area contributed by atoms with Crippen molar-refractivity contribution in [3.63, 3.8) is 0 Å². The molecule has 0 bridgehead atoms. The number of rotatable bonds is 8. The maximum Gasteiger partial charge on any atom is 0.128 e. The van der Waals surface area contributed by atoms with Crippen molar-refractivity contribution in [2.24, 2.45) is 0 Å². The van der Waals surface area contributed by atoms with E-state index in [4.69, 9.17) is 9.47 Å². The van der Waals surface area contributed by atoms with Crippen LogP contribution >= 0.6 is 0 Å². The fourth-order valence-electron chi connectivity index (χ4n) is 8.15. The van der Waals surface area contributed by atoms with Crippen molar-refractivity contribution >= 4 is 53.9 Å². The van der Waals surface area contributed by atoms with Crippen LogP contribution in [0.4, 0.5) is 0 Å². The topological polar surface area (TPSA) is 58.9 Å². The van der Waals surface area contributed by atoms with Gasteiger partial charge in [-0.1, -0.05) is 146 Å². The second kappa shape index (κ2) is 13.8. The monoisotopic (exact) mass is 724 g/mol. The Morgan fingerprint density at radius 2 is 0.625 bits per heavy atom. The van der Waals surface area contributed by atoms with Crippen molar-refractivity contribution in [1.82, 2.24) is 0 Å². The number of hydrogen-bond donors (Lipinski definition) is 2. The SMILES string of the molecule is Oc1ccc2ccccc2c1-c1c(OCc2ccc3cc(COc4ccc5ccccc5c4-c4c(O)ccc5ccccc45)ccc3c2)ccc2ccccc12. The number of phenolic OH excluding ortho intramolecular Hbond substituents is 2. The van der Waals surface area contributed by atoms with Crippen LogP contribution in [0.5, 0.6) is 23.0 Å². The Kier molecular flexibility index (Phi) is 8.23. The van der Waals surface area contributed by atoms with E-state index >= 15 is 0 Å². The Balaban J connectivity index is 0.943. The summed E-state index contributed by atoms with van der Waals surface area (Å²) in [5.41, 5.74) is 5.39. The van der Waals surface area contributed by atoms with Crippen molar-refractivity contribution in [1.29, 1.82) is 0 Å². The summed E-state index contributed by atoms with van der Waals surface area (Å²) in [7, 11) is 0. The molecule has 0 unspecified atom stereocenters. The largest absolute Gasteiger partial charge is 0.507 e. The average Bonchev–Trinajstić information content (AvgIpc) is 3.25. The quantitative estimate of drug-likeness (QED) is 0.164. The predicted octanol–water partition coefficient (Wildman–Crippen LogP) is 13.4. The first-order chi connectivity index (χ1) is 27.6. The third kappa shape index (κ3) is 5.89. The number of hydrogen-bond acceptors (Lipinski definition) is 4. The Bertz CT molecular complexity index is 2920. The van der Waals surface area contributed by atoms with Crippen LogP contribution in [-0.2, 0) is 13.2 Å². The van der Waals surface area contributed by atoms with Gasteiger partial charge in [0.1, 0.15) is 36.2 Å². The normalized spacial score (nSPS) is 11.5. The highest BCUT2D eigenvalue weighted by Crippen LogP contribution is 2.47.